The van der Waals surface area contributed by atoms with Crippen LogP contribution in [0.5, 0.6) is 23.0 Å². The standard InChI is InChI=1S/C19H12O6/c1-7-5-9-13(11(21)6-7)19(25)14-15(17(9)23)18(24)12-8(16(14)22)3-2-4-10(12)20/h2-6,20-22,24H,1H3. The normalized spacial score (nSPS) is 13.0. The first-order valence-corrected chi connectivity index (χ1v) is 7.45. The topological polar surface area (TPSA) is 115 Å². The average Bonchev–Trinajstić information content (AvgIpc) is 2.55. The molecule has 0 fully saturated rings. The number of phenolic OH excluding ortho intramolecular Hbond substituents is 4. The molecular formula is C19H12O6. The molecule has 0 aliphatic heterocycles. The second kappa shape index (κ2) is 4.73. The van der Waals surface area contributed by atoms with Crippen LogP contribution in [0.2, 0.25) is 0 Å². The van der Waals surface area contributed by atoms with E-state index in [1.165, 1.54) is 30.3 Å². The second-order valence-corrected chi connectivity index (χ2v) is 6.01. The molecule has 0 saturated heterocycles. The van der Waals surface area contributed by atoms with E-state index >= 15 is 0 Å². The van der Waals surface area contributed by atoms with Gasteiger partial charge in [-0.25, -0.2) is 0 Å². The fourth-order valence-corrected chi connectivity index (χ4v) is 3.37. The van der Waals surface area contributed by atoms with Crippen LogP contribution >= 0.6 is 0 Å². The molecule has 1 aliphatic carbocycles. The molecule has 0 atom stereocenters. The summed E-state index contributed by atoms with van der Waals surface area (Å²) < 4.78 is 0. The van der Waals surface area contributed by atoms with Crippen LogP contribution in [-0.4, -0.2) is 32.0 Å². The van der Waals surface area contributed by atoms with Crippen LogP contribution in [0.15, 0.2) is 30.3 Å². The number of carbonyl (C=O) groups is 2. The van der Waals surface area contributed by atoms with Gasteiger partial charge in [0.15, 0.2) is 5.78 Å². The van der Waals surface area contributed by atoms with E-state index in [-0.39, 0.29) is 44.5 Å². The second-order valence-electron chi connectivity index (χ2n) is 6.01. The minimum absolute atomic E-state index is 0.0347. The molecule has 25 heavy (non-hydrogen) atoms. The first kappa shape index (κ1) is 15.0. The summed E-state index contributed by atoms with van der Waals surface area (Å²) in [5.74, 6) is -3.27. The summed E-state index contributed by atoms with van der Waals surface area (Å²) in [6.45, 7) is 1.65. The van der Waals surface area contributed by atoms with Gasteiger partial charge in [0.1, 0.15) is 23.0 Å². The number of fused-ring (bicyclic) bond motifs is 3. The zero-order valence-corrected chi connectivity index (χ0v) is 13.0. The van der Waals surface area contributed by atoms with Gasteiger partial charge in [0, 0.05) is 10.9 Å². The molecule has 0 amide bonds. The Bertz CT molecular complexity index is 1130. The summed E-state index contributed by atoms with van der Waals surface area (Å²) in [6, 6.07) is 6.93. The molecule has 0 radical (unpaired) electrons. The van der Waals surface area contributed by atoms with Crippen molar-refractivity contribution in [1.82, 2.24) is 0 Å². The molecule has 1 aliphatic rings. The Morgan fingerprint density at radius 1 is 0.760 bits per heavy atom. The minimum atomic E-state index is -0.764. The Morgan fingerprint density at radius 2 is 1.44 bits per heavy atom. The third kappa shape index (κ3) is 1.79. The Labute approximate surface area is 141 Å². The number of aryl methyl sites for hydroxylation is 1. The largest absolute Gasteiger partial charge is 0.507 e. The average molecular weight is 336 g/mol. The molecule has 124 valence electrons. The van der Waals surface area contributed by atoms with E-state index in [9.17, 15) is 30.0 Å². The van der Waals surface area contributed by atoms with Gasteiger partial charge in [0.2, 0.25) is 5.78 Å². The molecule has 3 aromatic rings. The van der Waals surface area contributed by atoms with Crippen LogP contribution in [-0.2, 0) is 0 Å². The van der Waals surface area contributed by atoms with Gasteiger partial charge >= 0.3 is 0 Å². The van der Waals surface area contributed by atoms with Crippen LogP contribution in [0.1, 0.15) is 37.4 Å². The fourth-order valence-electron chi connectivity index (χ4n) is 3.37. The van der Waals surface area contributed by atoms with Crippen molar-refractivity contribution in [1.29, 1.82) is 0 Å². The lowest BCUT2D eigenvalue weighted by Gasteiger charge is -2.22. The van der Waals surface area contributed by atoms with Crippen molar-refractivity contribution in [3.8, 4) is 23.0 Å². The zero-order valence-electron chi connectivity index (χ0n) is 13.0. The Kier molecular flexibility index (Phi) is 2.84. The number of phenols is 4. The maximum absolute atomic E-state index is 12.9. The number of hydrogen-bond donors (Lipinski definition) is 4. The van der Waals surface area contributed by atoms with Gasteiger partial charge in [0.05, 0.1) is 22.1 Å². The molecular weight excluding hydrogens is 324 g/mol. The highest BCUT2D eigenvalue weighted by molar-refractivity contribution is 6.33. The molecule has 4 N–H and O–H groups in total. The number of aromatic hydroxyl groups is 4. The lowest BCUT2D eigenvalue weighted by Crippen LogP contribution is -2.22. The smallest absolute Gasteiger partial charge is 0.202 e. The van der Waals surface area contributed by atoms with Gasteiger partial charge in [0.25, 0.3) is 0 Å². The first-order valence-electron chi connectivity index (χ1n) is 7.45. The quantitative estimate of drug-likeness (QED) is 0.367. The van der Waals surface area contributed by atoms with Crippen molar-refractivity contribution in [3.63, 3.8) is 0 Å². The first-order chi connectivity index (χ1) is 11.8. The van der Waals surface area contributed by atoms with Gasteiger partial charge in [-0.3, -0.25) is 9.59 Å². The molecule has 0 heterocycles. The van der Waals surface area contributed by atoms with Crippen molar-refractivity contribution >= 4 is 22.3 Å². The summed E-state index contributed by atoms with van der Waals surface area (Å²) in [6.07, 6.45) is 0. The highest BCUT2D eigenvalue weighted by atomic mass is 16.3. The maximum atomic E-state index is 12.9. The molecule has 6 heteroatoms. The number of ketones is 2. The monoisotopic (exact) mass is 336 g/mol. The van der Waals surface area contributed by atoms with Crippen LogP contribution < -0.4 is 0 Å². The van der Waals surface area contributed by atoms with Gasteiger partial charge in [-0.1, -0.05) is 12.1 Å². The van der Waals surface area contributed by atoms with E-state index in [1.54, 1.807) is 6.92 Å². The molecule has 0 spiro atoms. The maximum Gasteiger partial charge on any atom is 0.202 e. The van der Waals surface area contributed by atoms with Gasteiger partial charge in [-0.05, 0) is 30.7 Å². The summed E-state index contributed by atoms with van der Waals surface area (Å²) in [4.78, 5) is 25.7. The van der Waals surface area contributed by atoms with E-state index in [0.29, 0.717) is 5.56 Å². The summed E-state index contributed by atoms with van der Waals surface area (Å²) >= 11 is 0. The predicted molar refractivity (Wildman–Crippen MR) is 88.7 cm³/mol. The van der Waals surface area contributed by atoms with Crippen LogP contribution in [0.25, 0.3) is 10.8 Å². The molecule has 3 aromatic carbocycles. The Hall–Kier alpha value is -3.54. The van der Waals surface area contributed by atoms with Crippen LogP contribution in [0, 0.1) is 6.92 Å². The van der Waals surface area contributed by atoms with E-state index in [1.807, 2.05) is 0 Å². The highest BCUT2D eigenvalue weighted by Crippen LogP contribution is 2.48. The molecule has 0 saturated carbocycles. The number of benzene rings is 3. The Balaban J connectivity index is 2.20. The number of rotatable bonds is 0. The van der Waals surface area contributed by atoms with Gasteiger partial charge < -0.3 is 20.4 Å². The summed E-state index contributed by atoms with van der Waals surface area (Å²) in [7, 11) is 0. The van der Waals surface area contributed by atoms with E-state index in [0.717, 1.165) is 0 Å². The van der Waals surface area contributed by atoms with Crippen molar-refractivity contribution in [2.24, 2.45) is 0 Å². The third-order valence-electron chi connectivity index (χ3n) is 4.45. The molecule has 4 rings (SSSR count). The lowest BCUT2D eigenvalue weighted by atomic mass is 9.80. The molecule has 0 bridgehead atoms. The van der Waals surface area contributed by atoms with Crippen molar-refractivity contribution in [2.45, 2.75) is 6.92 Å². The molecule has 0 aromatic heterocycles. The van der Waals surface area contributed by atoms with E-state index in [2.05, 4.69) is 0 Å². The summed E-state index contributed by atoms with van der Waals surface area (Å²) in [5.41, 5.74) is -0.466. The van der Waals surface area contributed by atoms with Crippen LogP contribution in [0.3, 0.4) is 0 Å². The van der Waals surface area contributed by atoms with E-state index in [4.69, 9.17) is 0 Å². The van der Waals surface area contributed by atoms with E-state index < -0.39 is 23.1 Å². The number of carbonyl (C=O) groups excluding carboxylic acids is 2. The summed E-state index contributed by atoms with van der Waals surface area (Å²) in [5, 5.41) is 41.1. The predicted octanol–water partition coefficient (Wildman–Crippen LogP) is 2.75. The zero-order chi connectivity index (χ0) is 18.0. The number of hydrogen-bond acceptors (Lipinski definition) is 6. The van der Waals surface area contributed by atoms with Gasteiger partial charge in [-0.15, -0.1) is 0 Å². The van der Waals surface area contributed by atoms with Crippen molar-refractivity contribution < 1.29 is 30.0 Å². The van der Waals surface area contributed by atoms with Gasteiger partial charge in [-0.2, -0.15) is 0 Å². The third-order valence-corrected chi connectivity index (χ3v) is 4.45. The minimum Gasteiger partial charge on any atom is -0.507 e. The molecule has 6 nitrogen and oxygen atoms in total. The molecule has 0 unspecified atom stereocenters. The SMILES string of the molecule is Cc1cc(O)c2c(c1)C(=O)c1c(c(O)c3cccc(O)c3c1O)C2=O. The van der Waals surface area contributed by atoms with Crippen molar-refractivity contribution in [2.75, 3.05) is 0 Å². The van der Waals surface area contributed by atoms with Crippen molar-refractivity contribution in [3.05, 3.63) is 58.1 Å². The fraction of sp³-hybridized carbons (Fsp3) is 0.0526. The van der Waals surface area contributed by atoms with Crippen LogP contribution in [0.4, 0.5) is 0 Å². The lowest BCUT2D eigenvalue weighted by molar-refractivity contribution is 0.0972. The highest BCUT2D eigenvalue weighted by Gasteiger charge is 2.38. The Morgan fingerprint density at radius 3 is 2.16 bits per heavy atom.